The largest absolute Gasteiger partial charge is 0.448 e. The second-order valence-electron chi connectivity index (χ2n) is 9.49. The van der Waals surface area contributed by atoms with Crippen LogP contribution in [0.1, 0.15) is 37.8 Å². The molecule has 1 saturated heterocycles. The van der Waals surface area contributed by atoms with E-state index in [1.54, 1.807) is 4.90 Å². The lowest BCUT2D eigenvalue weighted by molar-refractivity contribution is 0.0293. The van der Waals surface area contributed by atoms with Crippen LogP contribution in [0.5, 0.6) is 0 Å². The zero-order valence-corrected chi connectivity index (χ0v) is 19.7. The van der Waals surface area contributed by atoms with E-state index in [1.807, 2.05) is 45.0 Å². The molecule has 2 aromatic carbocycles. The third kappa shape index (κ3) is 4.44. The molecule has 0 saturated carbocycles. The summed E-state index contributed by atoms with van der Waals surface area (Å²) < 4.78 is 11.1. The summed E-state index contributed by atoms with van der Waals surface area (Å²) in [5, 5.41) is 3.44. The van der Waals surface area contributed by atoms with Crippen LogP contribution in [-0.2, 0) is 9.47 Å². The molecule has 5 rings (SSSR count). The van der Waals surface area contributed by atoms with E-state index in [2.05, 4.69) is 34.6 Å². The molecule has 0 radical (unpaired) electrons. The van der Waals surface area contributed by atoms with Gasteiger partial charge in [0.25, 0.3) is 0 Å². The van der Waals surface area contributed by atoms with E-state index in [1.165, 1.54) is 34.0 Å². The molecule has 0 bridgehead atoms. The third-order valence-electron chi connectivity index (χ3n) is 5.99. The Balaban J connectivity index is 1.17. The molecule has 1 N–H and O–H groups in total. The van der Waals surface area contributed by atoms with Crippen LogP contribution in [0.3, 0.4) is 0 Å². The smallest absolute Gasteiger partial charge is 0.413 e. The molecular formula is C25H27N3O4S. The number of amides is 2. The quantitative estimate of drug-likeness (QED) is 0.700. The zero-order valence-electron chi connectivity index (χ0n) is 18.9. The number of benzene rings is 2. The molecule has 7 nitrogen and oxygen atoms in total. The number of nitrogens with zero attached hydrogens (tertiary/aromatic N) is 2. The van der Waals surface area contributed by atoms with E-state index in [-0.39, 0.29) is 29.9 Å². The van der Waals surface area contributed by atoms with Crippen molar-refractivity contribution in [3.63, 3.8) is 0 Å². The van der Waals surface area contributed by atoms with Crippen molar-refractivity contribution in [3.05, 3.63) is 59.7 Å². The minimum atomic E-state index is -0.526. The number of hydrogen-bond donors (Lipinski definition) is 1. The van der Waals surface area contributed by atoms with Gasteiger partial charge in [0.05, 0.1) is 11.3 Å². The predicted octanol–water partition coefficient (Wildman–Crippen LogP) is 4.62. The standard InChI is InChI=1S/C25H27N3O4S/c1-25(2,3)32-24(30)28-12-20-21(13-28)33-22(26-20)27-23(29)31-14-19-17-10-6-4-8-15(17)16-9-5-7-11-18(16)19/h4-11,19-21H,12-14H2,1-3H3,(H,26,27,29)/t20-,21+/m0/s1. The molecule has 172 valence electrons. The molecule has 8 heteroatoms. The number of fused-ring (bicyclic) bond motifs is 4. The lowest BCUT2D eigenvalue weighted by Gasteiger charge is -2.24. The van der Waals surface area contributed by atoms with Crippen LogP contribution < -0.4 is 5.32 Å². The fourth-order valence-corrected chi connectivity index (χ4v) is 5.76. The van der Waals surface area contributed by atoms with Gasteiger partial charge in [-0.3, -0.25) is 10.3 Å². The molecule has 2 aromatic rings. The van der Waals surface area contributed by atoms with Gasteiger partial charge >= 0.3 is 12.2 Å². The Bertz CT molecular complexity index is 1080. The first-order valence-corrected chi connectivity index (χ1v) is 12.0. The number of ether oxygens (including phenoxy) is 2. The molecule has 2 heterocycles. The Morgan fingerprint density at radius 3 is 2.30 bits per heavy atom. The molecule has 0 aromatic heterocycles. The first-order chi connectivity index (χ1) is 15.8. The van der Waals surface area contributed by atoms with E-state index in [4.69, 9.17) is 9.47 Å². The van der Waals surface area contributed by atoms with Gasteiger partial charge in [-0.15, -0.1) is 0 Å². The van der Waals surface area contributed by atoms with Gasteiger partial charge in [0.15, 0.2) is 5.17 Å². The Kier molecular flexibility index (Phi) is 5.56. The summed E-state index contributed by atoms with van der Waals surface area (Å²) in [6.45, 7) is 6.85. The number of carbonyl (C=O) groups is 2. The molecule has 3 aliphatic rings. The van der Waals surface area contributed by atoms with E-state index < -0.39 is 11.7 Å². The van der Waals surface area contributed by atoms with Crippen molar-refractivity contribution in [2.45, 2.75) is 43.6 Å². The zero-order chi connectivity index (χ0) is 23.2. The van der Waals surface area contributed by atoms with Gasteiger partial charge in [-0.25, -0.2) is 9.59 Å². The number of alkyl carbamates (subject to hydrolysis) is 1. The van der Waals surface area contributed by atoms with Crippen molar-refractivity contribution in [2.75, 3.05) is 19.7 Å². The average Bonchev–Trinajstić information content (AvgIpc) is 3.41. The average molecular weight is 466 g/mol. The summed E-state index contributed by atoms with van der Waals surface area (Å²) in [6, 6.07) is 16.4. The summed E-state index contributed by atoms with van der Waals surface area (Å²) in [5.41, 5.74) is 4.22. The van der Waals surface area contributed by atoms with Gasteiger partial charge in [0.2, 0.25) is 0 Å². The first-order valence-electron chi connectivity index (χ1n) is 11.1. The Hall–Kier alpha value is -3.00. The van der Waals surface area contributed by atoms with Crippen molar-refractivity contribution in [1.82, 2.24) is 10.2 Å². The number of nitrogens with one attached hydrogen (secondary N) is 1. The fourth-order valence-electron chi connectivity index (χ4n) is 4.58. The molecule has 0 unspecified atom stereocenters. The monoisotopic (exact) mass is 465 g/mol. The van der Waals surface area contributed by atoms with E-state index in [9.17, 15) is 9.59 Å². The minimum absolute atomic E-state index is 0.0167. The van der Waals surface area contributed by atoms with Gasteiger partial charge in [-0.1, -0.05) is 60.3 Å². The second kappa shape index (κ2) is 8.41. The number of thioether (sulfide) groups is 1. The first kappa shape index (κ1) is 21.8. The maximum Gasteiger partial charge on any atom is 0.413 e. The number of carbonyl (C=O) groups excluding carboxylic acids is 2. The Morgan fingerprint density at radius 2 is 1.70 bits per heavy atom. The number of aliphatic imine (C=N–C) groups is 1. The number of likely N-dealkylation sites (tertiary alicyclic amines) is 1. The Morgan fingerprint density at radius 1 is 1.06 bits per heavy atom. The number of rotatable bonds is 2. The summed E-state index contributed by atoms with van der Waals surface area (Å²) >= 11 is 1.47. The summed E-state index contributed by atoms with van der Waals surface area (Å²) in [4.78, 5) is 31.1. The van der Waals surface area contributed by atoms with Crippen molar-refractivity contribution in [3.8, 4) is 11.1 Å². The minimum Gasteiger partial charge on any atom is -0.448 e. The number of hydrogen-bond acceptors (Lipinski definition) is 6. The highest BCUT2D eigenvalue weighted by Crippen LogP contribution is 2.44. The molecule has 0 spiro atoms. The van der Waals surface area contributed by atoms with Gasteiger partial charge in [0.1, 0.15) is 12.2 Å². The van der Waals surface area contributed by atoms with Crippen LogP contribution in [0.2, 0.25) is 0 Å². The van der Waals surface area contributed by atoms with Gasteiger partial charge in [0, 0.05) is 19.0 Å². The molecular weight excluding hydrogens is 438 g/mol. The highest BCUT2D eigenvalue weighted by molar-refractivity contribution is 8.14. The lowest BCUT2D eigenvalue weighted by Crippen LogP contribution is -2.36. The van der Waals surface area contributed by atoms with Crippen molar-refractivity contribution < 1.29 is 19.1 Å². The van der Waals surface area contributed by atoms with Crippen LogP contribution in [0, 0.1) is 0 Å². The van der Waals surface area contributed by atoms with Gasteiger partial charge in [-0.2, -0.15) is 0 Å². The van der Waals surface area contributed by atoms with Crippen molar-refractivity contribution >= 4 is 29.1 Å². The molecule has 2 amide bonds. The van der Waals surface area contributed by atoms with Crippen LogP contribution in [-0.4, -0.2) is 58.8 Å². The van der Waals surface area contributed by atoms with Crippen LogP contribution >= 0.6 is 11.8 Å². The topological polar surface area (TPSA) is 80.2 Å². The highest BCUT2D eigenvalue weighted by Gasteiger charge is 2.42. The van der Waals surface area contributed by atoms with E-state index in [0.29, 0.717) is 18.3 Å². The SMILES string of the molecule is CC(C)(C)OC(=O)N1C[C@@H]2N=C(NC(=O)OCC3c4ccccc4-c4ccccc43)S[C@@H]2C1. The predicted molar refractivity (Wildman–Crippen MR) is 129 cm³/mol. The van der Waals surface area contributed by atoms with Crippen LogP contribution in [0.25, 0.3) is 11.1 Å². The molecule has 2 atom stereocenters. The van der Waals surface area contributed by atoms with E-state index >= 15 is 0 Å². The third-order valence-corrected chi connectivity index (χ3v) is 7.18. The van der Waals surface area contributed by atoms with Crippen LogP contribution in [0.4, 0.5) is 9.59 Å². The summed E-state index contributed by atoms with van der Waals surface area (Å²) in [5.74, 6) is 0.0167. The van der Waals surface area contributed by atoms with Gasteiger partial charge < -0.3 is 14.4 Å². The van der Waals surface area contributed by atoms with Crippen molar-refractivity contribution in [1.29, 1.82) is 0 Å². The van der Waals surface area contributed by atoms with E-state index in [0.717, 1.165) is 0 Å². The molecule has 2 aliphatic heterocycles. The summed E-state index contributed by atoms with van der Waals surface area (Å²) in [7, 11) is 0. The fraction of sp³-hybridized carbons (Fsp3) is 0.400. The van der Waals surface area contributed by atoms with Crippen molar-refractivity contribution in [2.24, 2.45) is 4.99 Å². The van der Waals surface area contributed by atoms with Gasteiger partial charge in [-0.05, 0) is 43.0 Å². The summed E-state index contributed by atoms with van der Waals surface area (Å²) in [6.07, 6.45) is -0.828. The van der Waals surface area contributed by atoms with Crippen LogP contribution in [0.15, 0.2) is 53.5 Å². The number of amidine groups is 1. The maximum absolute atomic E-state index is 12.5. The normalized spacial score (nSPS) is 21.2. The molecule has 33 heavy (non-hydrogen) atoms. The lowest BCUT2D eigenvalue weighted by atomic mass is 9.98. The maximum atomic E-state index is 12.5. The molecule has 1 aliphatic carbocycles. The second-order valence-corrected chi connectivity index (χ2v) is 10.7. The molecule has 1 fully saturated rings. The Labute approximate surface area is 197 Å². The highest BCUT2D eigenvalue weighted by atomic mass is 32.2.